The van der Waals surface area contributed by atoms with E-state index in [-0.39, 0.29) is 18.6 Å². The zero-order chi connectivity index (χ0) is 16.2. The fraction of sp³-hybridized carbons (Fsp3) is 0.600. The zero-order valence-corrected chi connectivity index (χ0v) is 14.6. The van der Waals surface area contributed by atoms with Gasteiger partial charge in [0.05, 0.1) is 11.9 Å². The number of hydrogen-bond acceptors (Lipinski definition) is 5. The van der Waals surface area contributed by atoms with E-state index in [1.54, 1.807) is 6.92 Å². The summed E-state index contributed by atoms with van der Waals surface area (Å²) in [6.07, 6.45) is 0. The van der Waals surface area contributed by atoms with E-state index in [1.165, 1.54) is 6.92 Å². The predicted octanol–water partition coefficient (Wildman–Crippen LogP) is 3.71. The molecule has 1 aromatic heterocycles. The molecule has 0 N–H and O–H groups in total. The number of ether oxygens (including phenoxy) is 2. The lowest BCUT2D eigenvalue weighted by atomic mass is 9.89. The van der Waals surface area contributed by atoms with Gasteiger partial charge in [0.2, 0.25) is 0 Å². The van der Waals surface area contributed by atoms with Crippen molar-refractivity contribution in [2.24, 2.45) is 0 Å². The maximum atomic E-state index is 12.2. The standard InChI is InChI=1S/C15H21BrO5/c1-6-19-14(18)12-10(8-20-9(2)17)13(15(3,4)5)21-11(12)7-16/h6-8H2,1-5H3. The molecule has 0 atom stereocenters. The third-order valence-corrected chi connectivity index (χ3v) is 3.29. The minimum atomic E-state index is -0.464. The van der Waals surface area contributed by atoms with Gasteiger partial charge >= 0.3 is 11.9 Å². The Kier molecular flexibility index (Phi) is 6.01. The largest absolute Gasteiger partial charge is 0.463 e. The average Bonchev–Trinajstić information content (AvgIpc) is 2.74. The van der Waals surface area contributed by atoms with E-state index in [0.717, 1.165) is 0 Å². The Morgan fingerprint density at radius 1 is 1.24 bits per heavy atom. The average molecular weight is 361 g/mol. The molecule has 0 aromatic carbocycles. The Hall–Kier alpha value is -1.30. The maximum absolute atomic E-state index is 12.2. The molecule has 21 heavy (non-hydrogen) atoms. The Balaban J connectivity index is 3.39. The van der Waals surface area contributed by atoms with Gasteiger partial charge in [0, 0.05) is 17.9 Å². The number of carbonyl (C=O) groups excluding carboxylic acids is 2. The van der Waals surface area contributed by atoms with Gasteiger partial charge in [-0.3, -0.25) is 4.79 Å². The highest BCUT2D eigenvalue weighted by Crippen LogP contribution is 2.34. The molecule has 1 aromatic rings. The molecule has 6 heteroatoms. The monoisotopic (exact) mass is 360 g/mol. The van der Waals surface area contributed by atoms with Crippen LogP contribution >= 0.6 is 15.9 Å². The van der Waals surface area contributed by atoms with Crippen molar-refractivity contribution in [1.82, 2.24) is 0 Å². The topological polar surface area (TPSA) is 65.7 Å². The molecular weight excluding hydrogens is 340 g/mol. The fourth-order valence-corrected chi connectivity index (χ4v) is 2.36. The predicted molar refractivity (Wildman–Crippen MR) is 81.5 cm³/mol. The Bertz CT molecular complexity index is 525. The number of rotatable bonds is 5. The molecule has 0 spiro atoms. The van der Waals surface area contributed by atoms with E-state index in [9.17, 15) is 9.59 Å². The molecule has 0 amide bonds. The zero-order valence-electron chi connectivity index (χ0n) is 13.0. The highest BCUT2D eigenvalue weighted by Gasteiger charge is 2.32. The van der Waals surface area contributed by atoms with Crippen LogP contribution in [0.1, 0.15) is 62.1 Å². The van der Waals surface area contributed by atoms with Crippen molar-refractivity contribution < 1.29 is 23.5 Å². The first-order valence-corrected chi connectivity index (χ1v) is 7.86. The minimum absolute atomic E-state index is 0.00736. The van der Waals surface area contributed by atoms with Gasteiger partial charge < -0.3 is 13.9 Å². The lowest BCUT2D eigenvalue weighted by Gasteiger charge is -2.17. The highest BCUT2D eigenvalue weighted by molar-refractivity contribution is 9.08. The molecular formula is C15H21BrO5. The van der Waals surface area contributed by atoms with Crippen LogP contribution in [0.3, 0.4) is 0 Å². The van der Waals surface area contributed by atoms with Gasteiger partial charge in [-0.2, -0.15) is 0 Å². The van der Waals surface area contributed by atoms with E-state index in [4.69, 9.17) is 13.9 Å². The smallest absolute Gasteiger partial charge is 0.342 e. The van der Waals surface area contributed by atoms with Crippen LogP contribution in [0.15, 0.2) is 4.42 Å². The Morgan fingerprint density at radius 2 is 1.86 bits per heavy atom. The number of carbonyl (C=O) groups is 2. The third kappa shape index (κ3) is 4.33. The van der Waals surface area contributed by atoms with Gasteiger partial charge in [-0.1, -0.05) is 36.7 Å². The van der Waals surface area contributed by atoms with Crippen LogP contribution in [-0.2, 0) is 31.6 Å². The van der Waals surface area contributed by atoms with Crippen molar-refractivity contribution in [2.75, 3.05) is 6.61 Å². The van der Waals surface area contributed by atoms with Crippen LogP contribution in [0.2, 0.25) is 0 Å². The normalized spacial score (nSPS) is 11.3. The number of alkyl halides is 1. The second-order valence-electron chi connectivity index (χ2n) is 5.59. The number of furan rings is 1. The Labute approximate surface area is 133 Å². The number of hydrogen-bond donors (Lipinski definition) is 0. The summed E-state index contributed by atoms with van der Waals surface area (Å²) in [5.41, 5.74) is 0.599. The van der Waals surface area contributed by atoms with E-state index in [2.05, 4.69) is 15.9 Å². The van der Waals surface area contributed by atoms with Crippen molar-refractivity contribution in [3.8, 4) is 0 Å². The van der Waals surface area contributed by atoms with Gasteiger partial charge in [0.25, 0.3) is 0 Å². The van der Waals surface area contributed by atoms with Crippen molar-refractivity contribution in [3.05, 3.63) is 22.6 Å². The lowest BCUT2D eigenvalue weighted by molar-refractivity contribution is -0.142. The highest BCUT2D eigenvalue weighted by atomic mass is 79.9. The van der Waals surface area contributed by atoms with E-state index >= 15 is 0 Å². The molecule has 0 aliphatic carbocycles. The quantitative estimate of drug-likeness (QED) is 0.591. The minimum Gasteiger partial charge on any atom is -0.463 e. The summed E-state index contributed by atoms with van der Waals surface area (Å²) in [6, 6.07) is 0. The van der Waals surface area contributed by atoms with Gasteiger partial charge in [0.15, 0.2) is 0 Å². The molecule has 1 rings (SSSR count). The molecule has 118 valence electrons. The van der Waals surface area contributed by atoms with E-state index in [0.29, 0.717) is 28.0 Å². The van der Waals surface area contributed by atoms with Crippen molar-refractivity contribution in [3.63, 3.8) is 0 Å². The van der Waals surface area contributed by atoms with Crippen LogP contribution in [0.25, 0.3) is 0 Å². The molecule has 0 aliphatic heterocycles. The molecule has 0 unspecified atom stereocenters. The van der Waals surface area contributed by atoms with Crippen molar-refractivity contribution >= 4 is 27.9 Å². The summed E-state index contributed by atoms with van der Waals surface area (Å²) in [6.45, 7) is 9.23. The second kappa shape index (κ2) is 7.11. The molecule has 0 saturated carbocycles. The maximum Gasteiger partial charge on any atom is 0.342 e. The lowest BCUT2D eigenvalue weighted by Crippen LogP contribution is -2.16. The molecule has 0 bridgehead atoms. The first-order valence-electron chi connectivity index (χ1n) is 6.73. The SMILES string of the molecule is CCOC(=O)c1c(CBr)oc(C(C)(C)C)c1COC(C)=O. The van der Waals surface area contributed by atoms with E-state index in [1.807, 2.05) is 20.8 Å². The number of halogens is 1. The first kappa shape index (κ1) is 17.8. The number of esters is 2. The molecule has 5 nitrogen and oxygen atoms in total. The summed E-state index contributed by atoms with van der Waals surface area (Å²) in [5.74, 6) is 0.237. The molecule has 0 saturated heterocycles. The van der Waals surface area contributed by atoms with Gasteiger partial charge in [-0.15, -0.1) is 0 Å². The molecule has 0 fully saturated rings. The van der Waals surface area contributed by atoms with Crippen LogP contribution in [0.4, 0.5) is 0 Å². The summed E-state index contributed by atoms with van der Waals surface area (Å²) in [4.78, 5) is 23.3. The van der Waals surface area contributed by atoms with Gasteiger partial charge in [-0.05, 0) is 6.92 Å². The summed E-state index contributed by atoms with van der Waals surface area (Å²) >= 11 is 3.31. The molecule has 1 heterocycles. The summed E-state index contributed by atoms with van der Waals surface area (Å²) in [7, 11) is 0. The fourth-order valence-electron chi connectivity index (χ4n) is 1.97. The van der Waals surface area contributed by atoms with Crippen LogP contribution < -0.4 is 0 Å². The molecule has 0 aliphatic rings. The van der Waals surface area contributed by atoms with Gasteiger partial charge in [-0.25, -0.2) is 4.79 Å². The molecule has 0 radical (unpaired) electrons. The van der Waals surface area contributed by atoms with Crippen LogP contribution in [0, 0.1) is 0 Å². The summed E-state index contributed by atoms with van der Waals surface area (Å²) < 4.78 is 16.0. The third-order valence-electron chi connectivity index (χ3n) is 2.78. The van der Waals surface area contributed by atoms with Gasteiger partial charge in [0.1, 0.15) is 23.7 Å². The van der Waals surface area contributed by atoms with Crippen molar-refractivity contribution in [1.29, 1.82) is 0 Å². The first-order chi connectivity index (χ1) is 9.72. The van der Waals surface area contributed by atoms with Crippen molar-refractivity contribution in [2.45, 2.75) is 52.0 Å². The summed E-state index contributed by atoms with van der Waals surface area (Å²) in [5, 5.41) is 0.379. The van der Waals surface area contributed by atoms with E-state index < -0.39 is 11.9 Å². The second-order valence-corrected chi connectivity index (χ2v) is 6.15. The van der Waals surface area contributed by atoms with Crippen LogP contribution in [-0.4, -0.2) is 18.5 Å². The Morgan fingerprint density at radius 3 is 2.29 bits per heavy atom. The van der Waals surface area contributed by atoms with Crippen LogP contribution in [0.5, 0.6) is 0 Å².